The van der Waals surface area contributed by atoms with Gasteiger partial charge in [-0.05, 0) is 43.7 Å². The summed E-state index contributed by atoms with van der Waals surface area (Å²) in [4.78, 5) is 35.8. The monoisotopic (exact) mass is 498 g/mol. The summed E-state index contributed by atoms with van der Waals surface area (Å²) in [5, 5.41) is 9.79. The summed E-state index contributed by atoms with van der Waals surface area (Å²) in [7, 11) is 0. The second-order valence-electron chi connectivity index (χ2n) is 6.60. The number of hydrogen-bond donors (Lipinski definition) is 3. The van der Waals surface area contributed by atoms with Crippen LogP contribution in [0.3, 0.4) is 0 Å². The Hall–Kier alpha value is -2.81. The molecule has 0 saturated carbocycles. The fourth-order valence-corrected chi connectivity index (χ4v) is 2.81. The molecule has 3 amide bonds. The highest BCUT2D eigenvalue weighted by atomic mass is 35.5. The Balaban J connectivity index is 1.99. The number of ether oxygens (including phenoxy) is 1. The predicted molar refractivity (Wildman–Crippen MR) is 126 cm³/mol. The molecule has 0 heterocycles. The third-order valence-electron chi connectivity index (χ3n) is 4.12. The lowest BCUT2D eigenvalue weighted by molar-refractivity contribution is -0.139. The molecule has 1 atom stereocenters. The largest absolute Gasteiger partial charge is 0.483 e. The van der Waals surface area contributed by atoms with Gasteiger partial charge in [0.1, 0.15) is 5.75 Å². The van der Waals surface area contributed by atoms with Gasteiger partial charge in [-0.1, -0.05) is 47.8 Å². The van der Waals surface area contributed by atoms with Gasteiger partial charge < -0.3 is 15.4 Å². The van der Waals surface area contributed by atoms with Crippen molar-refractivity contribution in [3.05, 3.63) is 57.0 Å². The van der Waals surface area contributed by atoms with E-state index < -0.39 is 17.7 Å². The van der Waals surface area contributed by atoms with Crippen molar-refractivity contribution in [1.82, 2.24) is 10.7 Å². The number of anilines is 1. The lowest BCUT2D eigenvalue weighted by Gasteiger charge is -2.11. The van der Waals surface area contributed by atoms with E-state index in [9.17, 15) is 14.4 Å². The number of benzene rings is 2. The van der Waals surface area contributed by atoms with Crippen molar-refractivity contribution in [3.63, 3.8) is 0 Å². The van der Waals surface area contributed by atoms with Crippen LogP contribution in [-0.4, -0.2) is 36.6 Å². The minimum atomic E-state index is -0.913. The van der Waals surface area contributed by atoms with Crippen LogP contribution in [0.25, 0.3) is 0 Å². The van der Waals surface area contributed by atoms with Gasteiger partial charge >= 0.3 is 11.8 Å². The van der Waals surface area contributed by atoms with Crippen LogP contribution >= 0.6 is 34.8 Å². The van der Waals surface area contributed by atoms with Crippen LogP contribution in [0, 0.1) is 0 Å². The fourth-order valence-electron chi connectivity index (χ4n) is 2.28. The van der Waals surface area contributed by atoms with E-state index in [1.165, 1.54) is 12.3 Å². The zero-order valence-corrected chi connectivity index (χ0v) is 19.5. The Morgan fingerprint density at radius 2 is 1.88 bits per heavy atom. The molecule has 0 aliphatic heterocycles. The molecule has 0 aromatic heterocycles. The minimum Gasteiger partial charge on any atom is -0.483 e. The molecule has 0 aliphatic rings. The third-order valence-corrected chi connectivity index (χ3v) is 5.18. The first-order valence-corrected chi connectivity index (χ1v) is 10.6. The van der Waals surface area contributed by atoms with Crippen molar-refractivity contribution < 1.29 is 19.1 Å². The van der Waals surface area contributed by atoms with Crippen LogP contribution in [0.1, 0.15) is 25.8 Å². The van der Waals surface area contributed by atoms with Crippen molar-refractivity contribution in [2.24, 2.45) is 5.10 Å². The van der Waals surface area contributed by atoms with E-state index in [0.717, 1.165) is 0 Å². The van der Waals surface area contributed by atoms with E-state index in [0.29, 0.717) is 27.7 Å². The Morgan fingerprint density at radius 1 is 1.12 bits per heavy atom. The molecule has 0 spiro atoms. The molecule has 170 valence electrons. The first-order valence-electron chi connectivity index (χ1n) is 9.51. The number of nitrogens with one attached hydrogen (secondary N) is 3. The second-order valence-corrected chi connectivity index (χ2v) is 7.82. The summed E-state index contributed by atoms with van der Waals surface area (Å²) in [5.41, 5.74) is 2.86. The van der Waals surface area contributed by atoms with E-state index in [4.69, 9.17) is 39.5 Å². The highest BCUT2D eigenvalue weighted by Gasteiger charge is 2.15. The van der Waals surface area contributed by atoms with Crippen molar-refractivity contribution in [2.45, 2.75) is 26.3 Å². The molecule has 3 N–H and O–H groups in total. The second kappa shape index (κ2) is 12.3. The summed E-state index contributed by atoms with van der Waals surface area (Å²) in [6.45, 7) is 3.32. The normalized spacial score (nSPS) is 11.7. The molecule has 0 unspecified atom stereocenters. The van der Waals surface area contributed by atoms with Gasteiger partial charge in [0, 0.05) is 16.6 Å². The Labute approximate surface area is 200 Å². The lowest BCUT2D eigenvalue weighted by atomic mass is 10.2. The maximum atomic E-state index is 12.2. The van der Waals surface area contributed by atoms with E-state index in [-0.39, 0.29) is 23.4 Å². The number of amides is 3. The van der Waals surface area contributed by atoms with Gasteiger partial charge in [0.25, 0.3) is 5.91 Å². The maximum Gasteiger partial charge on any atom is 0.329 e. The van der Waals surface area contributed by atoms with E-state index in [1.54, 1.807) is 37.3 Å². The molecule has 32 heavy (non-hydrogen) atoms. The predicted octanol–water partition coefficient (Wildman–Crippen LogP) is 4.03. The zero-order valence-electron chi connectivity index (χ0n) is 17.2. The van der Waals surface area contributed by atoms with Gasteiger partial charge in [-0.25, -0.2) is 5.43 Å². The number of nitrogens with zero attached hydrogens (tertiary/aromatic N) is 1. The minimum absolute atomic E-state index is 0.141. The lowest BCUT2D eigenvalue weighted by Crippen LogP contribution is -2.41. The molecular weight excluding hydrogens is 479 g/mol. The third kappa shape index (κ3) is 7.71. The van der Waals surface area contributed by atoms with Crippen LogP contribution in [0.4, 0.5) is 5.69 Å². The zero-order chi connectivity index (χ0) is 23.7. The van der Waals surface area contributed by atoms with Crippen molar-refractivity contribution in [3.8, 4) is 5.75 Å². The summed E-state index contributed by atoms with van der Waals surface area (Å²) < 4.78 is 5.54. The molecule has 8 nitrogen and oxygen atoms in total. The number of rotatable bonds is 8. The maximum absolute atomic E-state index is 12.2. The molecule has 2 aromatic carbocycles. The number of carbonyl (C=O) groups is 3. The molecule has 2 rings (SSSR count). The molecule has 0 fully saturated rings. The highest BCUT2D eigenvalue weighted by molar-refractivity contribution is 6.44. The van der Waals surface area contributed by atoms with Crippen molar-refractivity contribution in [1.29, 1.82) is 0 Å². The summed E-state index contributed by atoms with van der Waals surface area (Å²) in [5.74, 6) is -1.90. The molecular formula is C21H21Cl3N4O4. The van der Waals surface area contributed by atoms with E-state index in [1.807, 2.05) is 6.92 Å². The van der Waals surface area contributed by atoms with Gasteiger partial charge in [-0.15, -0.1) is 0 Å². The van der Waals surface area contributed by atoms with Crippen LogP contribution in [0.15, 0.2) is 41.5 Å². The van der Waals surface area contributed by atoms with Crippen molar-refractivity contribution in [2.75, 3.05) is 11.9 Å². The highest BCUT2D eigenvalue weighted by Crippen LogP contribution is 2.29. The van der Waals surface area contributed by atoms with E-state index >= 15 is 0 Å². The average molecular weight is 500 g/mol. The topological polar surface area (TPSA) is 109 Å². The van der Waals surface area contributed by atoms with Crippen LogP contribution in [0.5, 0.6) is 5.75 Å². The summed E-state index contributed by atoms with van der Waals surface area (Å²) in [6.07, 6.45) is 1.93. The number of carbonyl (C=O) groups excluding carboxylic acids is 3. The SMILES string of the molecule is CC[C@H](C)NC(=O)C(=O)N/N=C\c1cc(Cl)ccc1OCC(=O)Nc1cccc(Cl)c1Cl. The smallest absolute Gasteiger partial charge is 0.329 e. The first-order chi connectivity index (χ1) is 15.2. The number of halogens is 3. The van der Waals surface area contributed by atoms with Gasteiger partial charge in [0.05, 0.1) is 21.9 Å². The first kappa shape index (κ1) is 25.5. The summed E-state index contributed by atoms with van der Waals surface area (Å²) in [6, 6.07) is 9.35. The van der Waals surface area contributed by atoms with Gasteiger partial charge in [-0.2, -0.15) is 5.10 Å². The quantitative estimate of drug-likeness (QED) is 0.289. The van der Waals surface area contributed by atoms with Gasteiger partial charge in [-0.3, -0.25) is 14.4 Å². The number of hydrogen-bond acceptors (Lipinski definition) is 5. The Morgan fingerprint density at radius 3 is 2.59 bits per heavy atom. The van der Waals surface area contributed by atoms with Crippen LogP contribution < -0.4 is 20.8 Å². The molecule has 2 aromatic rings. The standard InChI is InChI=1S/C21H21Cl3N4O4/c1-3-12(2)26-20(30)21(31)28-25-10-13-9-14(22)7-8-17(13)32-11-18(29)27-16-6-4-5-15(23)19(16)24/h4-10,12H,3,11H2,1-2H3,(H,26,30)(H,27,29)(H,28,31)/b25-10-/t12-/m0/s1. The van der Waals surface area contributed by atoms with Gasteiger partial charge in [0.2, 0.25) is 0 Å². The molecule has 0 aliphatic carbocycles. The van der Waals surface area contributed by atoms with Gasteiger partial charge in [0.15, 0.2) is 6.61 Å². The number of hydrazone groups is 1. The van der Waals surface area contributed by atoms with Crippen LogP contribution in [-0.2, 0) is 14.4 Å². The molecule has 11 heteroatoms. The fraction of sp³-hybridized carbons (Fsp3) is 0.238. The molecule has 0 saturated heterocycles. The molecule has 0 bridgehead atoms. The van der Waals surface area contributed by atoms with Crippen molar-refractivity contribution >= 4 is 64.4 Å². The van der Waals surface area contributed by atoms with E-state index in [2.05, 4.69) is 21.2 Å². The summed E-state index contributed by atoms with van der Waals surface area (Å²) >= 11 is 18.0. The molecule has 0 radical (unpaired) electrons. The Bertz CT molecular complexity index is 1030. The average Bonchev–Trinajstić information content (AvgIpc) is 2.76. The van der Waals surface area contributed by atoms with Crippen LogP contribution in [0.2, 0.25) is 15.1 Å². The Kier molecular flexibility index (Phi) is 9.77.